The van der Waals surface area contributed by atoms with E-state index in [0.717, 1.165) is 36.3 Å². The summed E-state index contributed by atoms with van der Waals surface area (Å²) >= 11 is 0. The van der Waals surface area contributed by atoms with Crippen molar-refractivity contribution in [3.63, 3.8) is 0 Å². The van der Waals surface area contributed by atoms with Crippen LogP contribution in [0.5, 0.6) is 0 Å². The Balaban J connectivity index is 1.51. The third kappa shape index (κ3) is 4.08. The van der Waals surface area contributed by atoms with E-state index in [9.17, 15) is 15.0 Å². The van der Waals surface area contributed by atoms with E-state index in [0.29, 0.717) is 23.6 Å². The van der Waals surface area contributed by atoms with Crippen LogP contribution in [0.1, 0.15) is 62.8 Å². The van der Waals surface area contributed by atoms with Crippen LogP contribution in [0.4, 0.5) is 0 Å². The van der Waals surface area contributed by atoms with Gasteiger partial charge >= 0.3 is 5.97 Å². The van der Waals surface area contributed by atoms with E-state index in [2.05, 4.69) is 4.98 Å². The van der Waals surface area contributed by atoms with Crippen molar-refractivity contribution in [2.45, 2.75) is 75.9 Å². The van der Waals surface area contributed by atoms with Crippen LogP contribution in [0.25, 0.3) is 11.0 Å². The highest BCUT2D eigenvalue weighted by Gasteiger charge is 2.43. The molecule has 2 aliphatic carbocycles. The Morgan fingerprint density at radius 2 is 2.04 bits per heavy atom. The van der Waals surface area contributed by atoms with Gasteiger partial charge in [-0.05, 0) is 43.2 Å². The molecule has 6 nitrogen and oxygen atoms in total. The molecule has 0 unspecified atom stereocenters. The Hall–Kier alpha value is -1.92. The summed E-state index contributed by atoms with van der Waals surface area (Å²) < 4.78 is 5.92. The summed E-state index contributed by atoms with van der Waals surface area (Å²) in [5.41, 5.74) is 5.37. The van der Waals surface area contributed by atoms with E-state index in [-0.39, 0.29) is 6.42 Å². The van der Waals surface area contributed by atoms with Gasteiger partial charge in [0.15, 0.2) is 5.60 Å². The molecule has 6 heteroatoms. The Bertz CT molecular complexity index is 840. The first-order valence-corrected chi connectivity index (χ1v) is 10.5. The number of carbonyl (C=O) groups is 1. The van der Waals surface area contributed by atoms with Gasteiger partial charge in [0.2, 0.25) is 0 Å². The van der Waals surface area contributed by atoms with Crippen LogP contribution in [0, 0.1) is 11.8 Å². The summed E-state index contributed by atoms with van der Waals surface area (Å²) in [6, 6.07) is 2.90. The fourth-order valence-electron chi connectivity index (χ4n) is 4.14. The summed E-state index contributed by atoms with van der Waals surface area (Å²) in [7, 11) is 0. The molecular formula is C22H30N2O4. The van der Waals surface area contributed by atoms with Gasteiger partial charge in [-0.3, -0.25) is 4.98 Å². The number of aliphatic carboxylic acids is 1. The Morgan fingerprint density at radius 1 is 1.29 bits per heavy atom. The number of rotatable bonds is 10. The van der Waals surface area contributed by atoms with Gasteiger partial charge in [-0.25, -0.2) is 4.79 Å². The molecule has 0 amide bonds. The van der Waals surface area contributed by atoms with E-state index in [1.165, 1.54) is 32.1 Å². The van der Waals surface area contributed by atoms with Gasteiger partial charge in [0.05, 0.1) is 5.69 Å². The molecule has 2 fully saturated rings. The van der Waals surface area contributed by atoms with E-state index >= 15 is 0 Å². The number of nitrogens with zero attached hydrogens (tertiary/aromatic N) is 1. The molecule has 152 valence electrons. The minimum absolute atomic E-state index is 0.118. The van der Waals surface area contributed by atoms with Gasteiger partial charge in [-0.1, -0.05) is 32.1 Å². The van der Waals surface area contributed by atoms with Crippen molar-refractivity contribution in [1.82, 2.24) is 4.98 Å². The first kappa shape index (κ1) is 19.4. The topological polar surface area (TPSA) is 110 Å². The van der Waals surface area contributed by atoms with Crippen LogP contribution in [0.3, 0.4) is 0 Å². The number of carboxylic acids is 1. The highest BCUT2D eigenvalue weighted by molar-refractivity contribution is 5.83. The summed E-state index contributed by atoms with van der Waals surface area (Å²) in [4.78, 5) is 16.3. The normalized spacial score (nSPS) is 20.6. The monoisotopic (exact) mass is 386 g/mol. The zero-order valence-corrected chi connectivity index (χ0v) is 16.3. The standard InChI is InChI=1S/C22H30N2O4/c23-20(9-7-14-2-1-3-14)22(27,21(25)26)13-18-17-12-16(8-6-15-4-5-15)28-19(17)10-11-24-18/h10-12,14-15,20,27H,1-9,13,23H2,(H,25,26)/t20-,22+/m0/s1. The molecule has 2 saturated carbocycles. The molecule has 0 bridgehead atoms. The van der Waals surface area contributed by atoms with E-state index in [1.54, 1.807) is 12.3 Å². The Labute approximate surface area is 165 Å². The number of aliphatic hydroxyl groups is 1. The van der Waals surface area contributed by atoms with Crippen LogP contribution in [-0.2, 0) is 17.6 Å². The molecule has 2 aliphatic rings. The molecule has 0 spiro atoms. The van der Waals surface area contributed by atoms with E-state index in [1.807, 2.05) is 6.07 Å². The number of pyridine rings is 1. The average molecular weight is 386 g/mol. The predicted molar refractivity (Wildman–Crippen MR) is 106 cm³/mol. The minimum atomic E-state index is -2.03. The van der Waals surface area contributed by atoms with Gasteiger partial charge in [-0.2, -0.15) is 0 Å². The molecule has 4 N–H and O–H groups in total. The van der Waals surface area contributed by atoms with Gasteiger partial charge in [0.25, 0.3) is 0 Å². The molecule has 2 aromatic heterocycles. The lowest BCUT2D eigenvalue weighted by Gasteiger charge is -2.32. The third-order valence-electron chi connectivity index (χ3n) is 6.61. The molecule has 0 radical (unpaired) electrons. The SMILES string of the molecule is N[C@@H](CCC1CCC1)[C@](O)(Cc1nccc2oc(CCC3CC3)cc12)C(=O)O. The lowest BCUT2D eigenvalue weighted by atomic mass is 9.78. The summed E-state index contributed by atoms with van der Waals surface area (Å²) in [5, 5.41) is 21.5. The van der Waals surface area contributed by atoms with Crippen molar-refractivity contribution >= 4 is 16.9 Å². The van der Waals surface area contributed by atoms with Crippen molar-refractivity contribution < 1.29 is 19.4 Å². The van der Waals surface area contributed by atoms with Crippen LogP contribution in [0.15, 0.2) is 22.7 Å². The van der Waals surface area contributed by atoms with Gasteiger partial charge in [-0.15, -0.1) is 0 Å². The van der Waals surface area contributed by atoms with Crippen LogP contribution in [0.2, 0.25) is 0 Å². The molecule has 2 heterocycles. The molecular weight excluding hydrogens is 356 g/mol. The molecule has 0 aliphatic heterocycles. The van der Waals surface area contributed by atoms with Crippen LogP contribution >= 0.6 is 0 Å². The first-order chi connectivity index (χ1) is 13.5. The van der Waals surface area contributed by atoms with Crippen molar-refractivity contribution in [2.75, 3.05) is 0 Å². The smallest absolute Gasteiger partial charge is 0.337 e. The fourth-order valence-corrected chi connectivity index (χ4v) is 4.14. The lowest BCUT2D eigenvalue weighted by Crippen LogP contribution is -2.56. The molecule has 28 heavy (non-hydrogen) atoms. The van der Waals surface area contributed by atoms with Crippen LogP contribution in [-0.4, -0.2) is 32.8 Å². The predicted octanol–water partition coefficient (Wildman–Crippen LogP) is 3.44. The maximum Gasteiger partial charge on any atom is 0.337 e. The third-order valence-corrected chi connectivity index (χ3v) is 6.61. The fraction of sp³-hybridized carbons (Fsp3) is 0.636. The second-order valence-corrected chi connectivity index (χ2v) is 8.75. The summed E-state index contributed by atoms with van der Waals surface area (Å²) in [5.74, 6) is 1.04. The molecule has 2 atom stereocenters. The Morgan fingerprint density at radius 3 is 2.68 bits per heavy atom. The molecule has 2 aromatic rings. The molecule has 0 saturated heterocycles. The zero-order valence-electron chi connectivity index (χ0n) is 16.3. The largest absolute Gasteiger partial charge is 0.479 e. The van der Waals surface area contributed by atoms with E-state index in [4.69, 9.17) is 10.2 Å². The molecule has 0 aromatic carbocycles. The highest BCUT2D eigenvalue weighted by Crippen LogP contribution is 2.35. The number of carboxylic acid groups (broad SMARTS) is 1. The Kier molecular flexibility index (Phi) is 5.43. The summed E-state index contributed by atoms with van der Waals surface area (Å²) in [6.07, 6.45) is 11.0. The second-order valence-electron chi connectivity index (χ2n) is 8.75. The maximum atomic E-state index is 11.9. The number of furan rings is 1. The quantitative estimate of drug-likeness (QED) is 0.577. The maximum absolute atomic E-state index is 11.9. The zero-order chi connectivity index (χ0) is 19.7. The lowest BCUT2D eigenvalue weighted by molar-refractivity contribution is -0.161. The first-order valence-electron chi connectivity index (χ1n) is 10.5. The van der Waals surface area contributed by atoms with Crippen molar-refractivity contribution in [1.29, 1.82) is 0 Å². The second kappa shape index (κ2) is 7.84. The number of aromatic nitrogens is 1. The van der Waals surface area contributed by atoms with Gasteiger partial charge < -0.3 is 20.4 Å². The van der Waals surface area contributed by atoms with Crippen molar-refractivity contribution in [3.8, 4) is 0 Å². The number of aryl methyl sites for hydroxylation is 1. The van der Waals surface area contributed by atoms with Crippen molar-refractivity contribution in [3.05, 3.63) is 29.8 Å². The number of nitrogens with two attached hydrogens (primary N) is 1. The summed E-state index contributed by atoms with van der Waals surface area (Å²) in [6.45, 7) is 0. The molecule has 4 rings (SSSR count). The van der Waals surface area contributed by atoms with Crippen molar-refractivity contribution in [2.24, 2.45) is 17.6 Å². The number of hydrogen-bond donors (Lipinski definition) is 3. The van der Waals surface area contributed by atoms with E-state index < -0.39 is 17.6 Å². The van der Waals surface area contributed by atoms with Gasteiger partial charge in [0, 0.05) is 30.5 Å². The minimum Gasteiger partial charge on any atom is -0.479 e. The highest BCUT2D eigenvalue weighted by atomic mass is 16.4. The number of fused-ring (bicyclic) bond motifs is 1. The average Bonchev–Trinajstić information content (AvgIpc) is 3.36. The number of hydrogen-bond acceptors (Lipinski definition) is 5. The van der Waals surface area contributed by atoms with Gasteiger partial charge in [0.1, 0.15) is 11.3 Å². The van der Waals surface area contributed by atoms with Crippen LogP contribution < -0.4 is 5.73 Å².